The Balaban J connectivity index is 1.82. The number of aromatic nitrogens is 2. The van der Waals surface area contributed by atoms with E-state index in [1.54, 1.807) is 0 Å². The summed E-state index contributed by atoms with van der Waals surface area (Å²) in [4.78, 5) is 4.25. The molecule has 2 saturated heterocycles. The van der Waals surface area contributed by atoms with Gasteiger partial charge in [-0.15, -0.1) is 0 Å². The van der Waals surface area contributed by atoms with Crippen LogP contribution in [0.5, 0.6) is 0 Å². The van der Waals surface area contributed by atoms with E-state index in [1.807, 2.05) is 0 Å². The Hall–Kier alpha value is -0.940. The van der Waals surface area contributed by atoms with Crippen LogP contribution in [0, 0.1) is 0 Å². The van der Waals surface area contributed by atoms with E-state index < -0.39 is 0 Å². The zero-order valence-electron chi connectivity index (χ0n) is 7.85. The monoisotopic (exact) mass is 195 g/mol. The Bertz CT molecular complexity index is 339. The minimum atomic E-state index is 0.309. The van der Waals surface area contributed by atoms with Crippen molar-refractivity contribution in [3.63, 3.8) is 0 Å². The topological polar surface area (TPSA) is 74.2 Å². The molecular weight excluding hydrogens is 182 g/mol. The fraction of sp³-hybridized carbons (Fsp3) is 0.778. The molecule has 5 nitrogen and oxygen atoms in total. The van der Waals surface area contributed by atoms with Crippen LogP contribution in [0.2, 0.25) is 0 Å². The summed E-state index contributed by atoms with van der Waals surface area (Å²) in [5.74, 6) is 1.62. The summed E-state index contributed by atoms with van der Waals surface area (Å²) in [6.45, 7) is 0.314. The summed E-state index contributed by atoms with van der Waals surface area (Å²) >= 11 is 0. The molecule has 3 heterocycles. The lowest BCUT2D eigenvalue weighted by Crippen LogP contribution is -2.15. The molecule has 3 unspecified atom stereocenters. The van der Waals surface area contributed by atoms with Crippen LogP contribution in [0.15, 0.2) is 4.52 Å². The second kappa shape index (κ2) is 3.03. The molecule has 0 amide bonds. The molecule has 1 aromatic rings. The van der Waals surface area contributed by atoms with Crippen molar-refractivity contribution in [2.75, 3.05) is 0 Å². The summed E-state index contributed by atoms with van der Waals surface area (Å²) in [6, 6.07) is 0. The van der Waals surface area contributed by atoms with Crippen molar-refractivity contribution in [3.8, 4) is 0 Å². The van der Waals surface area contributed by atoms with Gasteiger partial charge in [0.2, 0.25) is 5.89 Å². The van der Waals surface area contributed by atoms with Crippen LogP contribution < -0.4 is 5.73 Å². The third-order valence-electron chi connectivity index (χ3n) is 3.10. The van der Waals surface area contributed by atoms with Gasteiger partial charge in [-0.1, -0.05) is 5.16 Å². The van der Waals surface area contributed by atoms with Crippen LogP contribution in [0.4, 0.5) is 0 Å². The van der Waals surface area contributed by atoms with Gasteiger partial charge >= 0.3 is 0 Å². The molecule has 2 N–H and O–H groups in total. The van der Waals surface area contributed by atoms with Crippen molar-refractivity contribution in [3.05, 3.63) is 11.7 Å². The molecule has 0 aromatic carbocycles. The van der Waals surface area contributed by atoms with Gasteiger partial charge in [-0.25, -0.2) is 0 Å². The molecule has 3 atom stereocenters. The highest BCUT2D eigenvalue weighted by atomic mass is 16.5. The minimum Gasteiger partial charge on any atom is -0.374 e. The molecule has 0 radical (unpaired) electrons. The Kier molecular flexibility index (Phi) is 1.81. The molecule has 1 aromatic heterocycles. The molecule has 0 saturated carbocycles. The lowest BCUT2D eigenvalue weighted by atomic mass is 9.89. The van der Waals surface area contributed by atoms with Crippen LogP contribution in [-0.4, -0.2) is 22.3 Å². The quantitative estimate of drug-likeness (QED) is 0.746. The van der Waals surface area contributed by atoms with Crippen molar-refractivity contribution < 1.29 is 9.26 Å². The highest BCUT2D eigenvalue weighted by Crippen LogP contribution is 2.43. The lowest BCUT2D eigenvalue weighted by molar-refractivity contribution is 0.0996. The maximum Gasteiger partial charge on any atom is 0.240 e. The fourth-order valence-electron chi connectivity index (χ4n) is 2.41. The SMILES string of the molecule is NCc1nc(C2CC3CCC2O3)no1. The van der Waals surface area contributed by atoms with E-state index in [9.17, 15) is 0 Å². The summed E-state index contributed by atoms with van der Waals surface area (Å²) in [5.41, 5.74) is 5.41. The smallest absolute Gasteiger partial charge is 0.240 e. The van der Waals surface area contributed by atoms with E-state index in [1.165, 1.54) is 6.42 Å². The molecule has 76 valence electrons. The second-order valence-electron chi connectivity index (χ2n) is 3.97. The first-order valence-electron chi connectivity index (χ1n) is 5.05. The summed E-state index contributed by atoms with van der Waals surface area (Å²) < 4.78 is 10.7. The number of ether oxygens (including phenoxy) is 1. The van der Waals surface area contributed by atoms with Gasteiger partial charge in [0.1, 0.15) is 0 Å². The highest BCUT2D eigenvalue weighted by molar-refractivity contribution is 5.06. The zero-order valence-corrected chi connectivity index (χ0v) is 7.85. The highest BCUT2D eigenvalue weighted by Gasteiger charge is 2.43. The van der Waals surface area contributed by atoms with E-state index in [4.69, 9.17) is 15.0 Å². The van der Waals surface area contributed by atoms with Gasteiger partial charge in [-0.05, 0) is 19.3 Å². The average Bonchev–Trinajstić information content (AvgIpc) is 2.93. The van der Waals surface area contributed by atoms with Gasteiger partial charge in [0, 0.05) is 0 Å². The lowest BCUT2D eigenvalue weighted by Gasteiger charge is -2.13. The van der Waals surface area contributed by atoms with Crippen LogP contribution in [0.3, 0.4) is 0 Å². The van der Waals surface area contributed by atoms with Gasteiger partial charge in [-0.2, -0.15) is 4.98 Å². The van der Waals surface area contributed by atoms with Crippen molar-refractivity contribution in [2.24, 2.45) is 5.73 Å². The standard InChI is InChI=1S/C9H13N3O2/c10-4-8-11-9(12-14-8)6-3-5-1-2-7(6)13-5/h5-7H,1-4,10H2. The number of hydrogen-bond acceptors (Lipinski definition) is 5. The summed E-state index contributed by atoms with van der Waals surface area (Å²) in [5, 5.41) is 3.94. The molecule has 5 heteroatoms. The molecule has 14 heavy (non-hydrogen) atoms. The van der Waals surface area contributed by atoms with Gasteiger partial charge in [0.15, 0.2) is 5.82 Å². The third kappa shape index (κ3) is 1.16. The number of hydrogen-bond donors (Lipinski definition) is 1. The first-order chi connectivity index (χ1) is 6.86. The fourth-order valence-corrected chi connectivity index (χ4v) is 2.41. The second-order valence-corrected chi connectivity index (χ2v) is 3.97. The van der Waals surface area contributed by atoms with Gasteiger partial charge in [-0.3, -0.25) is 0 Å². The average molecular weight is 195 g/mol. The van der Waals surface area contributed by atoms with E-state index in [-0.39, 0.29) is 0 Å². The number of nitrogens with zero attached hydrogens (tertiary/aromatic N) is 2. The van der Waals surface area contributed by atoms with Crippen molar-refractivity contribution in [1.29, 1.82) is 0 Å². The zero-order chi connectivity index (χ0) is 9.54. The first kappa shape index (κ1) is 8.38. The van der Waals surface area contributed by atoms with Crippen molar-refractivity contribution in [1.82, 2.24) is 10.1 Å². The Morgan fingerprint density at radius 3 is 2.93 bits per heavy atom. The molecule has 2 aliphatic heterocycles. The Labute approximate surface area is 81.6 Å². The van der Waals surface area contributed by atoms with E-state index >= 15 is 0 Å². The van der Waals surface area contributed by atoms with Gasteiger partial charge < -0.3 is 15.0 Å². The number of fused-ring (bicyclic) bond motifs is 2. The molecule has 2 bridgehead atoms. The first-order valence-corrected chi connectivity index (χ1v) is 5.05. The maximum absolute atomic E-state index is 5.73. The maximum atomic E-state index is 5.73. The summed E-state index contributed by atoms with van der Waals surface area (Å²) in [7, 11) is 0. The normalized spacial score (nSPS) is 35.4. The minimum absolute atomic E-state index is 0.309. The van der Waals surface area contributed by atoms with Crippen molar-refractivity contribution in [2.45, 2.75) is 43.9 Å². The predicted molar refractivity (Wildman–Crippen MR) is 47.4 cm³/mol. The van der Waals surface area contributed by atoms with Crippen LogP contribution in [0.25, 0.3) is 0 Å². The number of rotatable bonds is 2. The molecule has 3 rings (SSSR count). The largest absolute Gasteiger partial charge is 0.374 e. The molecular formula is C9H13N3O2. The molecule has 0 aliphatic carbocycles. The summed E-state index contributed by atoms with van der Waals surface area (Å²) in [6.07, 6.45) is 4.08. The van der Waals surface area contributed by atoms with Crippen LogP contribution in [0.1, 0.15) is 36.9 Å². The van der Waals surface area contributed by atoms with Crippen LogP contribution in [-0.2, 0) is 11.3 Å². The third-order valence-corrected chi connectivity index (χ3v) is 3.10. The van der Waals surface area contributed by atoms with E-state index in [0.29, 0.717) is 30.6 Å². The van der Waals surface area contributed by atoms with Crippen LogP contribution >= 0.6 is 0 Å². The van der Waals surface area contributed by atoms with Gasteiger partial charge in [0.25, 0.3) is 0 Å². The Morgan fingerprint density at radius 1 is 1.43 bits per heavy atom. The Morgan fingerprint density at radius 2 is 2.36 bits per heavy atom. The van der Waals surface area contributed by atoms with Gasteiger partial charge in [0.05, 0.1) is 24.7 Å². The molecule has 2 fully saturated rings. The van der Waals surface area contributed by atoms with E-state index in [0.717, 1.165) is 18.7 Å². The molecule has 2 aliphatic rings. The van der Waals surface area contributed by atoms with Crippen molar-refractivity contribution >= 4 is 0 Å². The number of nitrogens with two attached hydrogens (primary N) is 1. The molecule has 0 spiro atoms. The van der Waals surface area contributed by atoms with E-state index in [2.05, 4.69) is 10.1 Å². The predicted octanol–water partition coefficient (Wildman–Crippen LogP) is 0.563.